The minimum Gasteiger partial charge on any atom is -0.342 e. The first kappa shape index (κ1) is 20.3. The fraction of sp³-hybridized carbons (Fsp3) is 0.600. The molecule has 2 aliphatic rings. The van der Waals surface area contributed by atoms with E-state index in [-0.39, 0.29) is 17.9 Å². The molecule has 0 aliphatic carbocycles. The Morgan fingerprint density at radius 1 is 1.00 bits per heavy atom. The van der Waals surface area contributed by atoms with Crippen LogP contribution in [-0.2, 0) is 9.59 Å². The van der Waals surface area contributed by atoms with E-state index in [1.165, 1.54) is 6.42 Å². The zero-order chi connectivity index (χ0) is 19.2. The highest BCUT2D eigenvalue weighted by Gasteiger charge is 2.27. The zero-order valence-electron chi connectivity index (χ0n) is 16.0. The van der Waals surface area contributed by atoms with Crippen molar-refractivity contribution in [3.05, 3.63) is 28.7 Å². The van der Waals surface area contributed by atoms with Crippen LogP contribution in [0.15, 0.2) is 28.7 Å². The Morgan fingerprint density at radius 3 is 2.26 bits per heavy atom. The summed E-state index contributed by atoms with van der Waals surface area (Å²) in [6.07, 6.45) is 3.50. The largest absolute Gasteiger partial charge is 0.342 e. The number of likely N-dealkylation sites (tertiary alicyclic amines) is 1. The summed E-state index contributed by atoms with van der Waals surface area (Å²) in [4.78, 5) is 31.4. The van der Waals surface area contributed by atoms with Crippen LogP contribution >= 0.6 is 15.9 Å². The molecule has 0 bridgehead atoms. The lowest BCUT2D eigenvalue weighted by molar-refractivity contribution is -0.134. The fourth-order valence-electron chi connectivity index (χ4n) is 3.69. The number of piperazine rings is 1. The third-order valence-electron chi connectivity index (χ3n) is 5.51. The fourth-order valence-corrected chi connectivity index (χ4v) is 3.95. The summed E-state index contributed by atoms with van der Waals surface area (Å²) in [6.45, 7) is 7.55. The molecule has 148 valence electrons. The standard InChI is InChI=1S/C20H29BrN4O2/c1-16(20(27)22-18-7-5-17(21)6-8-18)24-13-11-23(12-14-24)15-19(26)25-9-3-2-4-10-25/h5-8,16H,2-4,9-15H2,1H3,(H,22,27). The van der Waals surface area contributed by atoms with Crippen molar-refractivity contribution in [2.45, 2.75) is 32.2 Å². The average molecular weight is 437 g/mol. The minimum atomic E-state index is -0.186. The highest BCUT2D eigenvalue weighted by molar-refractivity contribution is 9.10. The second kappa shape index (κ2) is 9.66. The number of nitrogens with zero attached hydrogens (tertiary/aromatic N) is 3. The number of anilines is 1. The van der Waals surface area contributed by atoms with Gasteiger partial charge in [-0.05, 0) is 50.5 Å². The summed E-state index contributed by atoms with van der Waals surface area (Å²) in [7, 11) is 0. The topological polar surface area (TPSA) is 55.9 Å². The second-order valence-corrected chi connectivity index (χ2v) is 8.34. The number of hydrogen-bond donors (Lipinski definition) is 1. The Kier molecular flexibility index (Phi) is 7.26. The molecule has 7 heteroatoms. The van der Waals surface area contributed by atoms with E-state index in [0.29, 0.717) is 6.54 Å². The first-order valence-corrected chi connectivity index (χ1v) is 10.6. The Hall–Kier alpha value is -1.44. The average Bonchev–Trinajstić information content (AvgIpc) is 2.70. The van der Waals surface area contributed by atoms with Gasteiger partial charge in [-0.2, -0.15) is 0 Å². The summed E-state index contributed by atoms with van der Waals surface area (Å²) in [5.74, 6) is 0.263. The van der Waals surface area contributed by atoms with E-state index in [0.717, 1.165) is 62.3 Å². The maximum atomic E-state index is 12.5. The maximum Gasteiger partial charge on any atom is 0.241 e. The molecule has 0 saturated carbocycles. The van der Waals surface area contributed by atoms with Gasteiger partial charge >= 0.3 is 0 Å². The van der Waals surface area contributed by atoms with Gasteiger partial charge in [0.05, 0.1) is 12.6 Å². The van der Waals surface area contributed by atoms with Gasteiger partial charge in [-0.1, -0.05) is 15.9 Å². The number of rotatable bonds is 5. The quantitative estimate of drug-likeness (QED) is 0.769. The molecule has 27 heavy (non-hydrogen) atoms. The third kappa shape index (κ3) is 5.77. The molecule has 1 N–H and O–H groups in total. The number of benzene rings is 1. The highest BCUT2D eigenvalue weighted by Crippen LogP contribution is 2.16. The first-order chi connectivity index (χ1) is 13.0. The van der Waals surface area contributed by atoms with E-state index >= 15 is 0 Å². The monoisotopic (exact) mass is 436 g/mol. The molecule has 1 atom stereocenters. The Balaban J connectivity index is 1.43. The van der Waals surface area contributed by atoms with Gasteiger partial charge in [-0.3, -0.25) is 19.4 Å². The van der Waals surface area contributed by atoms with Gasteiger partial charge in [-0.15, -0.1) is 0 Å². The second-order valence-electron chi connectivity index (χ2n) is 7.43. The zero-order valence-corrected chi connectivity index (χ0v) is 17.6. The normalized spacial score (nSPS) is 20.3. The molecule has 2 saturated heterocycles. The Morgan fingerprint density at radius 2 is 1.63 bits per heavy atom. The van der Waals surface area contributed by atoms with E-state index in [2.05, 4.69) is 31.0 Å². The van der Waals surface area contributed by atoms with Crippen molar-refractivity contribution in [3.8, 4) is 0 Å². The molecular formula is C20H29BrN4O2. The van der Waals surface area contributed by atoms with Gasteiger partial charge in [0.1, 0.15) is 0 Å². The number of carbonyl (C=O) groups excluding carboxylic acids is 2. The molecule has 1 aromatic carbocycles. The van der Waals surface area contributed by atoms with Crippen LogP contribution in [0.4, 0.5) is 5.69 Å². The molecule has 3 rings (SSSR count). The summed E-state index contributed by atoms with van der Waals surface area (Å²) in [6, 6.07) is 7.42. The first-order valence-electron chi connectivity index (χ1n) is 9.83. The summed E-state index contributed by atoms with van der Waals surface area (Å²) >= 11 is 3.40. The number of halogens is 1. The van der Waals surface area contributed by atoms with E-state index in [1.54, 1.807) is 0 Å². The molecular weight excluding hydrogens is 408 g/mol. The van der Waals surface area contributed by atoms with E-state index in [4.69, 9.17) is 0 Å². The predicted molar refractivity (Wildman–Crippen MR) is 111 cm³/mol. The van der Waals surface area contributed by atoms with Crippen LogP contribution in [-0.4, -0.2) is 78.4 Å². The Labute approximate surface area is 170 Å². The van der Waals surface area contributed by atoms with Crippen LogP contribution in [0.25, 0.3) is 0 Å². The number of carbonyl (C=O) groups is 2. The number of hydrogen-bond acceptors (Lipinski definition) is 4. The van der Waals surface area contributed by atoms with Gasteiger partial charge in [-0.25, -0.2) is 0 Å². The van der Waals surface area contributed by atoms with Crippen LogP contribution in [0.2, 0.25) is 0 Å². The van der Waals surface area contributed by atoms with Crippen LogP contribution in [0.5, 0.6) is 0 Å². The molecule has 1 aromatic rings. The minimum absolute atomic E-state index is 0.00941. The summed E-state index contributed by atoms with van der Waals surface area (Å²) in [5.41, 5.74) is 0.806. The maximum absolute atomic E-state index is 12.5. The van der Waals surface area contributed by atoms with Crippen LogP contribution in [0.1, 0.15) is 26.2 Å². The molecule has 2 heterocycles. The number of nitrogens with one attached hydrogen (secondary N) is 1. The lowest BCUT2D eigenvalue weighted by Gasteiger charge is -2.38. The SMILES string of the molecule is CC(C(=O)Nc1ccc(Br)cc1)N1CCN(CC(=O)N2CCCCC2)CC1. The van der Waals surface area contributed by atoms with E-state index in [1.807, 2.05) is 36.1 Å². The van der Waals surface area contributed by atoms with Gasteiger partial charge in [0.2, 0.25) is 11.8 Å². The van der Waals surface area contributed by atoms with Crippen LogP contribution in [0, 0.1) is 0 Å². The van der Waals surface area contributed by atoms with Crippen molar-refractivity contribution in [3.63, 3.8) is 0 Å². The van der Waals surface area contributed by atoms with Crippen molar-refractivity contribution in [1.29, 1.82) is 0 Å². The summed E-state index contributed by atoms with van der Waals surface area (Å²) in [5, 5.41) is 2.98. The molecule has 6 nitrogen and oxygen atoms in total. The van der Waals surface area contributed by atoms with Gasteiger partial charge in [0.15, 0.2) is 0 Å². The van der Waals surface area contributed by atoms with E-state index < -0.39 is 0 Å². The van der Waals surface area contributed by atoms with Crippen molar-refractivity contribution in [1.82, 2.24) is 14.7 Å². The van der Waals surface area contributed by atoms with Crippen LogP contribution in [0.3, 0.4) is 0 Å². The number of piperidine rings is 1. The molecule has 2 amide bonds. The highest BCUT2D eigenvalue weighted by atomic mass is 79.9. The van der Waals surface area contributed by atoms with Crippen molar-refractivity contribution >= 4 is 33.4 Å². The Bertz CT molecular complexity index is 638. The van der Waals surface area contributed by atoms with Crippen molar-refractivity contribution < 1.29 is 9.59 Å². The molecule has 0 spiro atoms. The molecule has 0 aromatic heterocycles. The molecule has 2 aliphatic heterocycles. The number of amides is 2. The lowest BCUT2D eigenvalue weighted by atomic mass is 10.1. The van der Waals surface area contributed by atoms with Gasteiger partial charge in [0, 0.05) is 49.4 Å². The van der Waals surface area contributed by atoms with Gasteiger partial charge < -0.3 is 10.2 Å². The predicted octanol–water partition coefficient (Wildman–Crippen LogP) is 2.41. The third-order valence-corrected chi connectivity index (χ3v) is 6.04. The molecule has 1 unspecified atom stereocenters. The van der Waals surface area contributed by atoms with Crippen molar-refractivity contribution in [2.75, 3.05) is 51.1 Å². The smallest absolute Gasteiger partial charge is 0.241 e. The van der Waals surface area contributed by atoms with E-state index in [9.17, 15) is 9.59 Å². The molecule has 0 radical (unpaired) electrons. The van der Waals surface area contributed by atoms with Crippen molar-refractivity contribution in [2.24, 2.45) is 0 Å². The van der Waals surface area contributed by atoms with Gasteiger partial charge in [0.25, 0.3) is 0 Å². The molecule has 2 fully saturated rings. The van der Waals surface area contributed by atoms with Crippen LogP contribution < -0.4 is 5.32 Å². The summed E-state index contributed by atoms with van der Waals surface area (Å²) < 4.78 is 0.990. The lowest BCUT2D eigenvalue weighted by Crippen LogP contribution is -2.54.